The number of halogens is 1. The molecule has 0 atom stereocenters. The summed E-state index contributed by atoms with van der Waals surface area (Å²) < 4.78 is 12.9. The molecule has 0 spiro atoms. The Bertz CT molecular complexity index is 725. The van der Waals surface area contributed by atoms with Gasteiger partial charge in [0.1, 0.15) is 5.82 Å². The lowest BCUT2D eigenvalue weighted by molar-refractivity contribution is -0.122. The van der Waals surface area contributed by atoms with Crippen LogP contribution in [0.1, 0.15) is 17.5 Å². The molecular weight excluding hydrogens is 315 g/mol. The van der Waals surface area contributed by atoms with Crippen LogP contribution in [0.25, 0.3) is 5.57 Å². The number of nitrogens with zero attached hydrogens (tertiary/aromatic N) is 1. The summed E-state index contributed by atoms with van der Waals surface area (Å²) in [6.45, 7) is 2.69. The Morgan fingerprint density at radius 3 is 2.52 bits per heavy atom. The quantitative estimate of drug-likeness (QED) is 0.877. The number of hydrogen-bond acceptors (Lipinski definition) is 2. The van der Waals surface area contributed by atoms with E-state index in [4.69, 9.17) is 0 Å². The van der Waals surface area contributed by atoms with Gasteiger partial charge in [-0.3, -0.25) is 9.69 Å². The third-order valence-electron chi connectivity index (χ3n) is 4.45. The molecule has 25 heavy (non-hydrogen) atoms. The van der Waals surface area contributed by atoms with Crippen molar-refractivity contribution < 1.29 is 9.18 Å². The Morgan fingerprint density at radius 2 is 1.84 bits per heavy atom. The van der Waals surface area contributed by atoms with E-state index in [-0.39, 0.29) is 11.7 Å². The molecule has 130 valence electrons. The van der Waals surface area contributed by atoms with Crippen molar-refractivity contribution >= 4 is 11.5 Å². The highest BCUT2D eigenvalue weighted by Crippen LogP contribution is 2.21. The highest BCUT2D eigenvalue weighted by molar-refractivity contribution is 5.78. The van der Waals surface area contributed by atoms with Gasteiger partial charge < -0.3 is 5.32 Å². The molecule has 0 saturated heterocycles. The van der Waals surface area contributed by atoms with Crippen LogP contribution >= 0.6 is 0 Å². The van der Waals surface area contributed by atoms with Crippen molar-refractivity contribution in [3.8, 4) is 0 Å². The van der Waals surface area contributed by atoms with E-state index in [1.165, 1.54) is 23.3 Å². The molecule has 4 heteroatoms. The standard InChI is InChI=1S/C21H23FN2O/c22-20-8-6-17(7-9-20)10-13-23-21(25)16-24-14-11-19(12-15-24)18-4-2-1-3-5-18/h1-9,11H,10,12-16H2,(H,23,25). The molecule has 0 aromatic heterocycles. The molecule has 3 nitrogen and oxygen atoms in total. The molecule has 2 aromatic carbocycles. The molecule has 3 rings (SSSR count). The van der Waals surface area contributed by atoms with Gasteiger partial charge in [-0.15, -0.1) is 0 Å². The minimum Gasteiger partial charge on any atom is -0.355 e. The maximum Gasteiger partial charge on any atom is 0.234 e. The zero-order chi connectivity index (χ0) is 17.5. The van der Waals surface area contributed by atoms with E-state index in [0.29, 0.717) is 19.5 Å². The predicted octanol–water partition coefficient (Wildman–Crippen LogP) is 3.27. The third-order valence-corrected chi connectivity index (χ3v) is 4.45. The fourth-order valence-corrected chi connectivity index (χ4v) is 3.03. The number of benzene rings is 2. The lowest BCUT2D eigenvalue weighted by atomic mass is 10.00. The van der Waals surface area contributed by atoms with E-state index in [0.717, 1.165) is 25.1 Å². The van der Waals surface area contributed by atoms with Gasteiger partial charge in [0.15, 0.2) is 0 Å². The van der Waals surface area contributed by atoms with Gasteiger partial charge in [-0.25, -0.2) is 4.39 Å². The molecule has 0 aliphatic carbocycles. The van der Waals surface area contributed by atoms with E-state index < -0.39 is 0 Å². The fourth-order valence-electron chi connectivity index (χ4n) is 3.03. The average Bonchev–Trinajstić information content (AvgIpc) is 2.65. The summed E-state index contributed by atoms with van der Waals surface area (Å²) in [5.41, 5.74) is 3.65. The van der Waals surface area contributed by atoms with Crippen LogP contribution in [0.2, 0.25) is 0 Å². The molecular formula is C21H23FN2O. The number of carbonyl (C=O) groups excluding carboxylic acids is 1. The summed E-state index contributed by atoms with van der Waals surface area (Å²) in [6.07, 6.45) is 3.89. The van der Waals surface area contributed by atoms with Crippen LogP contribution in [0.3, 0.4) is 0 Å². The third kappa shape index (κ3) is 5.26. The van der Waals surface area contributed by atoms with Gasteiger partial charge in [0.25, 0.3) is 0 Å². The van der Waals surface area contributed by atoms with E-state index in [2.05, 4.69) is 40.6 Å². The van der Waals surface area contributed by atoms with Crippen LogP contribution in [-0.4, -0.2) is 37.0 Å². The minimum atomic E-state index is -0.235. The number of rotatable bonds is 6. The summed E-state index contributed by atoms with van der Waals surface area (Å²) in [5, 5.41) is 2.94. The van der Waals surface area contributed by atoms with Crippen LogP contribution < -0.4 is 5.32 Å². The number of hydrogen-bond donors (Lipinski definition) is 1. The second-order valence-electron chi connectivity index (χ2n) is 6.31. The van der Waals surface area contributed by atoms with Crippen molar-refractivity contribution in [2.75, 3.05) is 26.2 Å². The minimum absolute atomic E-state index is 0.0404. The van der Waals surface area contributed by atoms with Gasteiger partial charge in [0, 0.05) is 19.6 Å². The first-order chi connectivity index (χ1) is 12.2. The van der Waals surface area contributed by atoms with Crippen molar-refractivity contribution in [1.82, 2.24) is 10.2 Å². The Hall–Kier alpha value is -2.46. The molecule has 0 bridgehead atoms. The zero-order valence-electron chi connectivity index (χ0n) is 14.2. The van der Waals surface area contributed by atoms with Gasteiger partial charge >= 0.3 is 0 Å². The van der Waals surface area contributed by atoms with Gasteiger partial charge in [0.05, 0.1) is 6.54 Å². The Morgan fingerprint density at radius 1 is 1.08 bits per heavy atom. The van der Waals surface area contributed by atoms with Crippen LogP contribution in [0.5, 0.6) is 0 Å². The van der Waals surface area contributed by atoms with E-state index >= 15 is 0 Å². The smallest absolute Gasteiger partial charge is 0.234 e. The molecule has 2 aromatic rings. The van der Waals surface area contributed by atoms with E-state index in [1.54, 1.807) is 12.1 Å². The Labute approximate surface area is 148 Å². The van der Waals surface area contributed by atoms with Crippen molar-refractivity contribution in [2.24, 2.45) is 0 Å². The molecule has 1 amide bonds. The number of nitrogens with one attached hydrogen (secondary N) is 1. The maximum absolute atomic E-state index is 12.9. The largest absolute Gasteiger partial charge is 0.355 e. The summed E-state index contributed by atoms with van der Waals surface area (Å²) in [5.74, 6) is -0.195. The van der Waals surface area contributed by atoms with Crippen LogP contribution in [0.4, 0.5) is 4.39 Å². The van der Waals surface area contributed by atoms with Gasteiger partial charge in [0.2, 0.25) is 5.91 Å². The van der Waals surface area contributed by atoms with E-state index in [9.17, 15) is 9.18 Å². The first-order valence-corrected chi connectivity index (χ1v) is 8.68. The summed E-state index contributed by atoms with van der Waals surface area (Å²) in [7, 11) is 0. The normalized spacial score (nSPS) is 14.8. The topological polar surface area (TPSA) is 32.3 Å². The van der Waals surface area contributed by atoms with Gasteiger partial charge in [-0.1, -0.05) is 48.5 Å². The molecule has 0 fully saturated rings. The lowest BCUT2D eigenvalue weighted by Crippen LogP contribution is -2.39. The zero-order valence-corrected chi connectivity index (χ0v) is 14.2. The summed E-state index contributed by atoms with van der Waals surface area (Å²) >= 11 is 0. The highest BCUT2D eigenvalue weighted by Gasteiger charge is 2.15. The Kier molecular flexibility index (Phi) is 5.96. The molecule has 0 saturated carbocycles. The monoisotopic (exact) mass is 338 g/mol. The summed E-state index contributed by atoms with van der Waals surface area (Å²) in [6, 6.07) is 16.8. The first kappa shape index (κ1) is 17.4. The average molecular weight is 338 g/mol. The molecule has 0 unspecified atom stereocenters. The van der Waals surface area contributed by atoms with Crippen molar-refractivity contribution in [3.63, 3.8) is 0 Å². The predicted molar refractivity (Wildman–Crippen MR) is 98.6 cm³/mol. The van der Waals surface area contributed by atoms with Crippen molar-refractivity contribution in [3.05, 3.63) is 77.6 Å². The summed E-state index contributed by atoms with van der Waals surface area (Å²) in [4.78, 5) is 14.2. The fraction of sp³-hybridized carbons (Fsp3) is 0.286. The lowest BCUT2D eigenvalue weighted by Gasteiger charge is -2.25. The van der Waals surface area contributed by atoms with Crippen molar-refractivity contribution in [2.45, 2.75) is 12.8 Å². The van der Waals surface area contributed by atoms with Crippen molar-refractivity contribution in [1.29, 1.82) is 0 Å². The van der Waals surface area contributed by atoms with Crippen LogP contribution in [-0.2, 0) is 11.2 Å². The molecule has 1 aliphatic heterocycles. The second kappa shape index (κ2) is 8.58. The van der Waals surface area contributed by atoms with Crippen LogP contribution in [0.15, 0.2) is 60.7 Å². The number of amides is 1. The SMILES string of the molecule is O=C(CN1CC=C(c2ccccc2)CC1)NCCc1ccc(F)cc1. The second-order valence-corrected chi connectivity index (χ2v) is 6.31. The number of carbonyl (C=O) groups is 1. The van der Waals surface area contributed by atoms with E-state index in [1.807, 2.05) is 6.07 Å². The molecule has 1 heterocycles. The van der Waals surface area contributed by atoms with Gasteiger partial charge in [-0.05, 0) is 41.7 Å². The molecule has 0 radical (unpaired) electrons. The molecule has 1 aliphatic rings. The Balaban J connectivity index is 1.40. The first-order valence-electron chi connectivity index (χ1n) is 8.68. The molecule has 1 N–H and O–H groups in total. The van der Waals surface area contributed by atoms with Gasteiger partial charge in [-0.2, -0.15) is 0 Å². The van der Waals surface area contributed by atoms with Crippen LogP contribution in [0, 0.1) is 5.82 Å². The highest BCUT2D eigenvalue weighted by atomic mass is 19.1. The maximum atomic E-state index is 12.9.